The molecule has 1 aromatic carbocycles. The Morgan fingerprint density at radius 2 is 1.93 bits per heavy atom. The van der Waals surface area contributed by atoms with Crippen molar-refractivity contribution in [3.8, 4) is 11.5 Å². The van der Waals surface area contributed by atoms with Gasteiger partial charge in [0.05, 0.1) is 13.7 Å². The molecule has 0 spiro atoms. The lowest BCUT2D eigenvalue weighted by Gasteiger charge is -2.13. The van der Waals surface area contributed by atoms with Crippen molar-refractivity contribution in [2.45, 2.75) is 26.2 Å². The second-order valence-electron chi connectivity index (χ2n) is 6.02. The van der Waals surface area contributed by atoms with Gasteiger partial charge in [-0.15, -0.1) is 0 Å². The molecule has 146 valence electrons. The summed E-state index contributed by atoms with van der Waals surface area (Å²) in [6.07, 6.45) is 4.65. The number of guanidine groups is 1. The fraction of sp³-hybridized carbons (Fsp3) is 0.429. The molecule has 2 N–H and O–H groups in total. The molecule has 0 atom stereocenters. The highest BCUT2D eigenvalue weighted by Gasteiger charge is 2.05. The molecule has 0 unspecified atom stereocenters. The third kappa shape index (κ3) is 7.17. The summed E-state index contributed by atoms with van der Waals surface area (Å²) >= 11 is 0. The van der Waals surface area contributed by atoms with Crippen LogP contribution in [0.3, 0.4) is 0 Å². The Morgan fingerprint density at radius 3 is 2.63 bits per heavy atom. The van der Waals surface area contributed by atoms with E-state index < -0.39 is 0 Å². The van der Waals surface area contributed by atoms with Gasteiger partial charge in [0.1, 0.15) is 0 Å². The number of benzene rings is 1. The molecule has 0 amide bonds. The van der Waals surface area contributed by atoms with Crippen molar-refractivity contribution in [2.75, 3.05) is 33.9 Å². The van der Waals surface area contributed by atoms with Gasteiger partial charge in [-0.3, -0.25) is 9.98 Å². The summed E-state index contributed by atoms with van der Waals surface area (Å²) in [6.45, 7) is 4.25. The van der Waals surface area contributed by atoms with E-state index in [4.69, 9.17) is 9.47 Å². The van der Waals surface area contributed by atoms with Gasteiger partial charge in [0, 0.05) is 38.4 Å². The largest absolute Gasteiger partial charge is 0.493 e. The summed E-state index contributed by atoms with van der Waals surface area (Å²) in [4.78, 5) is 8.59. The Hall–Kier alpha value is -2.76. The highest BCUT2D eigenvalue weighted by Crippen LogP contribution is 2.28. The van der Waals surface area contributed by atoms with Gasteiger partial charge in [0.25, 0.3) is 0 Å². The van der Waals surface area contributed by atoms with Crippen LogP contribution in [-0.4, -0.2) is 44.8 Å². The number of aryl methyl sites for hydroxylation is 1. The van der Waals surface area contributed by atoms with Gasteiger partial charge >= 0.3 is 0 Å². The van der Waals surface area contributed by atoms with Crippen LogP contribution in [-0.2, 0) is 12.8 Å². The zero-order valence-corrected chi connectivity index (χ0v) is 16.5. The van der Waals surface area contributed by atoms with Crippen LogP contribution in [0.1, 0.15) is 24.6 Å². The molecule has 2 aromatic rings. The lowest BCUT2D eigenvalue weighted by Crippen LogP contribution is -2.38. The number of ether oxygens (including phenoxy) is 2. The first kappa shape index (κ1) is 20.6. The highest BCUT2D eigenvalue weighted by atomic mass is 16.5. The molecular weight excluding hydrogens is 340 g/mol. The van der Waals surface area contributed by atoms with Crippen LogP contribution >= 0.6 is 0 Å². The lowest BCUT2D eigenvalue weighted by molar-refractivity contribution is 0.310. The Labute approximate surface area is 162 Å². The third-order valence-electron chi connectivity index (χ3n) is 4.09. The number of rotatable bonds is 10. The van der Waals surface area contributed by atoms with Crippen LogP contribution in [0.4, 0.5) is 0 Å². The number of hydrogen-bond acceptors (Lipinski definition) is 4. The minimum Gasteiger partial charge on any atom is -0.493 e. The molecule has 2 rings (SSSR count). The molecule has 1 aromatic heterocycles. The SMILES string of the molecule is CCOc1cc(CCCNC(=NC)NCCc2ccccn2)ccc1OC. The van der Waals surface area contributed by atoms with E-state index in [9.17, 15) is 0 Å². The molecular formula is C21H30N4O2. The van der Waals surface area contributed by atoms with Crippen LogP contribution in [0.5, 0.6) is 11.5 Å². The fourth-order valence-electron chi connectivity index (χ4n) is 2.72. The fourth-order valence-corrected chi connectivity index (χ4v) is 2.72. The molecule has 0 saturated carbocycles. The van der Waals surface area contributed by atoms with Crippen molar-refractivity contribution in [1.82, 2.24) is 15.6 Å². The minimum atomic E-state index is 0.627. The Balaban J connectivity index is 1.70. The van der Waals surface area contributed by atoms with Crippen molar-refractivity contribution in [3.05, 3.63) is 53.9 Å². The summed E-state index contributed by atoms with van der Waals surface area (Å²) in [5, 5.41) is 6.67. The molecule has 0 aliphatic carbocycles. The predicted octanol–water partition coefficient (Wildman–Crippen LogP) is 2.83. The van der Waals surface area contributed by atoms with Gasteiger partial charge in [-0.1, -0.05) is 12.1 Å². The molecule has 0 fully saturated rings. The van der Waals surface area contributed by atoms with Gasteiger partial charge in [-0.2, -0.15) is 0 Å². The molecule has 6 nitrogen and oxygen atoms in total. The quantitative estimate of drug-likeness (QED) is 0.382. The first-order valence-corrected chi connectivity index (χ1v) is 9.41. The summed E-state index contributed by atoms with van der Waals surface area (Å²) in [6, 6.07) is 12.1. The van der Waals surface area contributed by atoms with Crippen LogP contribution in [0.25, 0.3) is 0 Å². The van der Waals surface area contributed by atoms with E-state index in [0.29, 0.717) is 6.61 Å². The number of aliphatic imine (C=N–C) groups is 1. The molecule has 0 aliphatic heterocycles. The maximum Gasteiger partial charge on any atom is 0.190 e. The molecule has 0 radical (unpaired) electrons. The molecule has 0 bridgehead atoms. The van der Waals surface area contributed by atoms with E-state index in [2.05, 4.69) is 32.7 Å². The average Bonchev–Trinajstić information content (AvgIpc) is 2.71. The van der Waals surface area contributed by atoms with Crippen LogP contribution < -0.4 is 20.1 Å². The van der Waals surface area contributed by atoms with Crippen molar-refractivity contribution >= 4 is 5.96 Å². The second kappa shape index (κ2) is 11.8. The Morgan fingerprint density at radius 1 is 1.07 bits per heavy atom. The smallest absolute Gasteiger partial charge is 0.190 e. The first-order valence-electron chi connectivity index (χ1n) is 9.41. The lowest BCUT2D eigenvalue weighted by atomic mass is 10.1. The topological polar surface area (TPSA) is 67.8 Å². The molecule has 0 aliphatic rings. The predicted molar refractivity (Wildman–Crippen MR) is 110 cm³/mol. The monoisotopic (exact) mass is 370 g/mol. The van der Waals surface area contributed by atoms with E-state index in [1.165, 1.54) is 5.56 Å². The maximum atomic E-state index is 5.64. The standard InChI is InChI=1S/C21H30N4O2/c1-4-27-20-16-17(10-11-19(20)26-3)8-7-14-24-21(22-2)25-15-12-18-9-5-6-13-23-18/h5-6,9-11,13,16H,4,7-8,12,14-15H2,1-3H3,(H2,22,24,25). The van der Waals surface area contributed by atoms with Crippen LogP contribution in [0, 0.1) is 0 Å². The van der Waals surface area contributed by atoms with Crippen molar-refractivity contribution < 1.29 is 9.47 Å². The molecule has 1 heterocycles. The number of hydrogen-bond donors (Lipinski definition) is 2. The van der Waals surface area contributed by atoms with E-state index in [0.717, 1.165) is 55.5 Å². The summed E-state index contributed by atoms with van der Waals surface area (Å²) in [5.41, 5.74) is 2.31. The summed E-state index contributed by atoms with van der Waals surface area (Å²) < 4.78 is 11.0. The number of aromatic nitrogens is 1. The Kier molecular flexibility index (Phi) is 8.96. The summed E-state index contributed by atoms with van der Waals surface area (Å²) in [7, 11) is 3.45. The highest BCUT2D eigenvalue weighted by molar-refractivity contribution is 5.79. The Bertz CT molecular complexity index is 705. The van der Waals surface area contributed by atoms with Crippen molar-refractivity contribution in [3.63, 3.8) is 0 Å². The van der Waals surface area contributed by atoms with Crippen molar-refractivity contribution in [1.29, 1.82) is 0 Å². The van der Waals surface area contributed by atoms with Gasteiger partial charge < -0.3 is 20.1 Å². The van der Waals surface area contributed by atoms with Crippen LogP contribution in [0.15, 0.2) is 47.6 Å². The number of nitrogens with zero attached hydrogens (tertiary/aromatic N) is 2. The van der Waals surface area contributed by atoms with Gasteiger partial charge in [0.2, 0.25) is 0 Å². The van der Waals surface area contributed by atoms with Gasteiger partial charge in [-0.25, -0.2) is 0 Å². The van der Waals surface area contributed by atoms with E-state index in [1.807, 2.05) is 37.4 Å². The number of nitrogens with one attached hydrogen (secondary N) is 2. The van der Waals surface area contributed by atoms with E-state index in [-0.39, 0.29) is 0 Å². The molecule has 0 saturated heterocycles. The number of pyridine rings is 1. The normalized spacial score (nSPS) is 11.1. The average molecular weight is 370 g/mol. The molecule has 27 heavy (non-hydrogen) atoms. The van der Waals surface area contributed by atoms with Gasteiger partial charge in [0.15, 0.2) is 17.5 Å². The first-order chi connectivity index (χ1) is 13.3. The van der Waals surface area contributed by atoms with E-state index >= 15 is 0 Å². The maximum absolute atomic E-state index is 5.64. The van der Waals surface area contributed by atoms with Gasteiger partial charge in [-0.05, 0) is 49.6 Å². The zero-order chi connectivity index (χ0) is 19.3. The zero-order valence-electron chi connectivity index (χ0n) is 16.5. The van der Waals surface area contributed by atoms with Crippen LogP contribution in [0.2, 0.25) is 0 Å². The minimum absolute atomic E-state index is 0.627. The third-order valence-corrected chi connectivity index (χ3v) is 4.09. The van der Waals surface area contributed by atoms with Crippen molar-refractivity contribution in [2.24, 2.45) is 4.99 Å². The summed E-state index contributed by atoms with van der Waals surface area (Å²) in [5.74, 6) is 2.39. The molecule has 6 heteroatoms. The number of methoxy groups -OCH3 is 1. The van der Waals surface area contributed by atoms with E-state index in [1.54, 1.807) is 14.2 Å². The second-order valence-corrected chi connectivity index (χ2v) is 6.02.